The van der Waals surface area contributed by atoms with Crippen molar-refractivity contribution in [3.63, 3.8) is 0 Å². The van der Waals surface area contributed by atoms with Gasteiger partial charge in [-0.2, -0.15) is 0 Å². The number of nitrogens with zero attached hydrogens (tertiary/aromatic N) is 6. The fraction of sp³-hybridized carbons (Fsp3) is 0.150. The molecule has 10 rings (SSSR count). The van der Waals surface area contributed by atoms with E-state index in [-0.39, 0.29) is 31.9 Å². The maximum Gasteiger partial charge on any atom is 2.00 e. The molecule has 0 fully saturated rings. The van der Waals surface area contributed by atoms with E-state index in [1.807, 2.05) is 29.2 Å². The van der Waals surface area contributed by atoms with Crippen LogP contribution >= 0.6 is 0 Å². The van der Waals surface area contributed by atoms with Gasteiger partial charge in [0, 0.05) is 34.3 Å². The first-order chi connectivity index (χ1) is 22.8. The van der Waals surface area contributed by atoms with E-state index in [1.54, 1.807) is 0 Å². The van der Waals surface area contributed by atoms with Crippen LogP contribution in [0.15, 0.2) is 104 Å². The molecule has 0 atom stereocenters. The van der Waals surface area contributed by atoms with Gasteiger partial charge in [-0.05, 0) is 34.9 Å². The van der Waals surface area contributed by atoms with Crippen molar-refractivity contribution in [1.29, 1.82) is 0 Å². The molecule has 7 nitrogen and oxygen atoms in total. The maximum absolute atomic E-state index is 6.81. The molecule has 6 heterocycles. The molecule has 4 aromatic heterocycles. The van der Waals surface area contributed by atoms with Crippen molar-refractivity contribution in [2.75, 3.05) is 0 Å². The Bertz CT molecular complexity index is 2680. The average Bonchev–Trinajstić information content (AvgIpc) is 3.84. The van der Waals surface area contributed by atoms with E-state index in [0.29, 0.717) is 11.6 Å². The Balaban J connectivity index is 0.00000314. The van der Waals surface area contributed by atoms with Crippen molar-refractivity contribution >= 4 is 45.5 Å². The summed E-state index contributed by atoms with van der Waals surface area (Å²) in [5, 5.41) is 0. The van der Waals surface area contributed by atoms with Gasteiger partial charge in [0.1, 0.15) is 11.6 Å². The molecule has 0 aliphatic carbocycles. The Labute approximate surface area is 291 Å². The zero-order chi connectivity index (χ0) is 31.7. The molecule has 0 N–H and O–H groups in total. The van der Waals surface area contributed by atoms with E-state index in [1.165, 1.54) is 16.7 Å². The molecular formula is C40H30N6OPt. The number of para-hydroxylation sites is 2. The van der Waals surface area contributed by atoms with Crippen molar-refractivity contribution < 1.29 is 25.8 Å². The number of rotatable bonds is 2. The van der Waals surface area contributed by atoms with E-state index in [0.717, 1.165) is 50.3 Å². The fourth-order valence-electron chi connectivity index (χ4n) is 7.93. The molecule has 0 saturated heterocycles. The van der Waals surface area contributed by atoms with Gasteiger partial charge in [-0.3, -0.25) is 4.98 Å². The predicted molar refractivity (Wildman–Crippen MR) is 184 cm³/mol. The fourth-order valence-corrected chi connectivity index (χ4v) is 7.93. The second-order valence-corrected chi connectivity index (χ2v) is 13.6. The molecule has 0 bridgehead atoms. The first-order valence-electron chi connectivity index (χ1n) is 15.9. The number of ether oxygens (including phenoxy) is 1. The van der Waals surface area contributed by atoms with Gasteiger partial charge in [-0.25, -0.2) is 4.98 Å². The SMILES string of the molecule is CC1(C)c2ccccc2C=[C-]n2c3c1cccc3n1cc(OC3=[C-]n4c5c(cccc5n5ccnc45)C(C)(C)c4ccccc43)nc21.[Pt+2]. The first-order valence-corrected chi connectivity index (χ1v) is 15.9. The molecule has 0 unspecified atom stereocenters. The first kappa shape index (κ1) is 29.0. The Morgan fingerprint density at radius 1 is 0.667 bits per heavy atom. The van der Waals surface area contributed by atoms with Gasteiger partial charge in [-0.1, -0.05) is 135 Å². The van der Waals surface area contributed by atoms with Crippen molar-refractivity contribution in [2.45, 2.75) is 38.5 Å². The third kappa shape index (κ3) is 3.74. The monoisotopic (exact) mass is 805 g/mol. The van der Waals surface area contributed by atoms with Crippen LogP contribution in [0.5, 0.6) is 5.88 Å². The normalized spacial score (nSPS) is 15.7. The van der Waals surface area contributed by atoms with Crippen LogP contribution in [0.25, 0.3) is 45.5 Å². The molecule has 2 aliphatic rings. The van der Waals surface area contributed by atoms with Crippen LogP contribution in [0.1, 0.15) is 61.1 Å². The summed E-state index contributed by atoms with van der Waals surface area (Å²) in [5.41, 5.74) is 10.7. The number of aromatic nitrogens is 6. The van der Waals surface area contributed by atoms with Crippen LogP contribution in [0.4, 0.5) is 0 Å². The van der Waals surface area contributed by atoms with Gasteiger partial charge in [0.2, 0.25) is 5.88 Å². The average molecular weight is 806 g/mol. The second-order valence-electron chi connectivity index (χ2n) is 13.6. The van der Waals surface area contributed by atoms with Gasteiger partial charge in [0.05, 0.1) is 12.0 Å². The summed E-state index contributed by atoms with van der Waals surface area (Å²) in [7, 11) is 0. The van der Waals surface area contributed by atoms with Crippen molar-refractivity contribution in [1.82, 2.24) is 27.9 Å². The smallest absolute Gasteiger partial charge is 0.456 e. The summed E-state index contributed by atoms with van der Waals surface area (Å²) in [4.78, 5) is 9.81. The molecule has 8 aromatic rings. The summed E-state index contributed by atoms with van der Waals surface area (Å²) in [6.45, 7) is 9.12. The third-order valence-electron chi connectivity index (χ3n) is 10.3. The van der Waals surface area contributed by atoms with E-state index >= 15 is 0 Å². The van der Waals surface area contributed by atoms with Crippen LogP contribution < -0.4 is 4.74 Å². The Morgan fingerprint density at radius 2 is 1.31 bits per heavy atom. The standard InChI is InChI=1S/C40H30N6O.Pt/c1-39(2)27-13-7-5-11-25(27)19-21-44-35-29(39)15-10-18-32(35)45-24-34(42-38(44)45)47-33-23-46-36-30(40(3,4)28-14-8-6-12-26(28)33)16-9-17-31(36)43-22-20-41-37(43)46;/h5-20,22,24H,1-4H3;/q-2;+2. The van der Waals surface area contributed by atoms with Crippen LogP contribution in [-0.2, 0) is 31.9 Å². The topological polar surface area (TPSA) is 53.7 Å². The van der Waals surface area contributed by atoms with Gasteiger partial charge in [0.15, 0.2) is 0 Å². The van der Waals surface area contributed by atoms with E-state index in [9.17, 15) is 0 Å². The molecule has 236 valence electrons. The molecule has 0 radical (unpaired) electrons. The summed E-state index contributed by atoms with van der Waals surface area (Å²) in [6.07, 6.45) is 15.0. The molecule has 4 aromatic carbocycles. The van der Waals surface area contributed by atoms with Crippen molar-refractivity contribution in [3.05, 3.63) is 149 Å². The zero-order valence-electron chi connectivity index (χ0n) is 26.8. The summed E-state index contributed by atoms with van der Waals surface area (Å²) < 4.78 is 15.1. The van der Waals surface area contributed by atoms with Crippen LogP contribution in [0.3, 0.4) is 0 Å². The van der Waals surface area contributed by atoms with Crippen LogP contribution in [0, 0.1) is 12.4 Å². The molecule has 2 aliphatic heterocycles. The minimum Gasteiger partial charge on any atom is -0.456 e. The maximum atomic E-state index is 6.81. The molecular weight excluding hydrogens is 776 g/mol. The molecule has 48 heavy (non-hydrogen) atoms. The van der Waals surface area contributed by atoms with Crippen LogP contribution in [0.2, 0.25) is 0 Å². The van der Waals surface area contributed by atoms with E-state index in [2.05, 4.69) is 138 Å². The van der Waals surface area contributed by atoms with E-state index in [4.69, 9.17) is 14.7 Å². The number of benzene rings is 4. The van der Waals surface area contributed by atoms with Crippen molar-refractivity contribution in [3.8, 4) is 5.88 Å². The molecule has 0 amide bonds. The minimum absolute atomic E-state index is 0. The third-order valence-corrected chi connectivity index (χ3v) is 10.3. The Morgan fingerprint density at radius 3 is 2.10 bits per heavy atom. The Hall–Kier alpha value is -5.13. The quantitative estimate of drug-likeness (QED) is 0.166. The number of fused-ring (bicyclic) bond motifs is 8. The van der Waals surface area contributed by atoms with Gasteiger partial charge >= 0.3 is 21.1 Å². The van der Waals surface area contributed by atoms with Crippen molar-refractivity contribution in [2.24, 2.45) is 0 Å². The molecule has 8 heteroatoms. The minimum atomic E-state index is -0.334. The number of imidazole rings is 4. The molecule has 0 spiro atoms. The summed E-state index contributed by atoms with van der Waals surface area (Å²) in [5.74, 6) is 2.57. The number of hydrogen-bond acceptors (Lipinski definition) is 3. The van der Waals surface area contributed by atoms with Gasteiger partial charge < -0.3 is 22.7 Å². The Kier molecular flexibility index (Phi) is 6.01. The molecule has 0 saturated carbocycles. The number of hydrogen-bond donors (Lipinski definition) is 0. The van der Waals surface area contributed by atoms with Crippen LogP contribution in [-0.4, -0.2) is 27.9 Å². The largest absolute Gasteiger partial charge is 2.00 e. The summed E-state index contributed by atoms with van der Waals surface area (Å²) in [6, 6.07) is 30.0. The van der Waals surface area contributed by atoms with Gasteiger partial charge in [-0.15, -0.1) is 6.08 Å². The predicted octanol–water partition coefficient (Wildman–Crippen LogP) is 8.22. The summed E-state index contributed by atoms with van der Waals surface area (Å²) >= 11 is 0. The van der Waals surface area contributed by atoms with E-state index < -0.39 is 0 Å². The van der Waals surface area contributed by atoms with Gasteiger partial charge in [0.25, 0.3) is 0 Å². The second kappa shape index (κ2) is 9.94. The zero-order valence-corrected chi connectivity index (χ0v) is 29.1.